The molecule has 122 valence electrons. The Morgan fingerprint density at radius 2 is 1.91 bits per heavy atom. The Bertz CT molecular complexity index is 693. The summed E-state index contributed by atoms with van der Waals surface area (Å²) in [7, 11) is 0. The summed E-state index contributed by atoms with van der Waals surface area (Å²) in [5, 5.41) is 0. The summed E-state index contributed by atoms with van der Waals surface area (Å²) >= 11 is 3.48. The lowest BCUT2D eigenvalue weighted by molar-refractivity contribution is -0.122. The highest BCUT2D eigenvalue weighted by Gasteiger charge is 2.31. The van der Waals surface area contributed by atoms with Gasteiger partial charge in [-0.2, -0.15) is 0 Å². The molecule has 5 heteroatoms. The molecule has 0 aromatic heterocycles. The van der Waals surface area contributed by atoms with Crippen molar-refractivity contribution in [1.82, 2.24) is 0 Å². The minimum absolute atomic E-state index is 0. The summed E-state index contributed by atoms with van der Waals surface area (Å²) in [6.07, 6.45) is 0.897. The van der Waals surface area contributed by atoms with Gasteiger partial charge in [-0.1, -0.05) is 53.2 Å². The van der Waals surface area contributed by atoms with Crippen LogP contribution in [0.1, 0.15) is 24.1 Å². The summed E-state index contributed by atoms with van der Waals surface area (Å²) in [5.41, 5.74) is 9.52. The van der Waals surface area contributed by atoms with Crippen LogP contribution in [0, 0.1) is 5.92 Å². The molecular weight excluding hydrogens is 376 g/mol. The SMILES string of the molecule is CC(C(=O)N1CCc2cc(Br)ccc21)C(N)c1ccccc1.Cl. The number of nitrogens with two attached hydrogens (primary N) is 1. The van der Waals surface area contributed by atoms with Crippen LogP contribution in [0.3, 0.4) is 0 Å². The van der Waals surface area contributed by atoms with Crippen LogP contribution in [-0.4, -0.2) is 12.5 Å². The van der Waals surface area contributed by atoms with Crippen LogP contribution in [0.25, 0.3) is 0 Å². The van der Waals surface area contributed by atoms with Gasteiger partial charge in [-0.15, -0.1) is 12.4 Å². The highest BCUT2D eigenvalue weighted by atomic mass is 79.9. The van der Waals surface area contributed by atoms with E-state index in [-0.39, 0.29) is 30.3 Å². The number of carbonyl (C=O) groups is 1. The molecule has 3 nitrogen and oxygen atoms in total. The van der Waals surface area contributed by atoms with E-state index in [4.69, 9.17) is 5.73 Å². The molecule has 0 radical (unpaired) electrons. The zero-order valence-electron chi connectivity index (χ0n) is 12.9. The van der Waals surface area contributed by atoms with Crippen molar-refractivity contribution >= 4 is 39.9 Å². The second-order valence-electron chi connectivity index (χ2n) is 5.74. The minimum Gasteiger partial charge on any atom is -0.323 e. The van der Waals surface area contributed by atoms with E-state index in [0.717, 1.165) is 28.7 Å². The summed E-state index contributed by atoms with van der Waals surface area (Å²) in [6, 6.07) is 15.6. The Morgan fingerprint density at radius 1 is 1.22 bits per heavy atom. The molecule has 1 aliphatic heterocycles. The highest BCUT2D eigenvalue weighted by molar-refractivity contribution is 9.10. The zero-order valence-corrected chi connectivity index (χ0v) is 15.3. The van der Waals surface area contributed by atoms with E-state index in [1.165, 1.54) is 5.56 Å². The first-order valence-electron chi connectivity index (χ1n) is 7.48. The van der Waals surface area contributed by atoms with E-state index in [1.807, 2.05) is 54.3 Å². The number of rotatable bonds is 3. The van der Waals surface area contributed by atoms with Crippen molar-refractivity contribution < 1.29 is 4.79 Å². The van der Waals surface area contributed by atoms with E-state index in [2.05, 4.69) is 22.0 Å². The normalized spacial score (nSPS) is 15.5. The fraction of sp³-hybridized carbons (Fsp3) is 0.278. The number of carbonyl (C=O) groups excluding carboxylic acids is 1. The Labute approximate surface area is 151 Å². The standard InChI is InChI=1S/C18H19BrN2O.ClH/c1-12(17(20)13-5-3-2-4-6-13)18(22)21-10-9-14-11-15(19)7-8-16(14)21;/h2-8,11-12,17H,9-10,20H2,1H3;1H. The van der Waals surface area contributed by atoms with E-state index >= 15 is 0 Å². The van der Waals surface area contributed by atoms with E-state index in [1.54, 1.807) is 0 Å². The van der Waals surface area contributed by atoms with E-state index in [0.29, 0.717) is 0 Å². The molecule has 0 saturated heterocycles. The van der Waals surface area contributed by atoms with Gasteiger partial charge in [-0.05, 0) is 35.7 Å². The van der Waals surface area contributed by atoms with Gasteiger partial charge in [-0.3, -0.25) is 4.79 Å². The maximum atomic E-state index is 12.8. The molecule has 3 rings (SSSR count). The average Bonchev–Trinajstić information content (AvgIpc) is 2.96. The molecule has 2 aromatic rings. The molecule has 0 fully saturated rings. The van der Waals surface area contributed by atoms with Crippen molar-refractivity contribution in [2.24, 2.45) is 11.7 Å². The molecule has 2 atom stereocenters. The van der Waals surface area contributed by atoms with Gasteiger partial charge in [0.05, 0.1) is 5.92 Å². The van der Waals surface area contributed by atoms with Gasteiger partial charge in [0.2, 0.25) is 5.91 Å². The monoisotopic (exact) mass is 394 g/mol. The fourth-order valence-corrected chi connectivity index (χ4v) is 3.37. The second kappa shape index (κ2) is 7.47. The lowest BCUT2D eigenvalue weighted by atomic mass is 9.94. The molecule has 1 amide bonds. The van der Waals surface area contributed by atoms with Gasteiger partial charge in [0, 0.05) is 22.7 Å². The molecule has 1 aliphatic rings. The Morgan fingerprint density at radius 3 is 2.61 bits per heavy atom. The first kappa shape index (κ1) is 18.0. The predicted octanol–water partition coefficient (Wildman–Crippen LogP) is 4.10. The highest BCUT2D eigenvalue weighted by Crippen LogP contribution is 2.33. The van der Waals surface area contributed by atoms with Crippen LogP contribution in [0.4, 0.5) is 5.69 Å². The van der Waals surface area contributed by atoms with Gasteiger partial charge in [0.25, 0.3) is 0 Å². The lowest BCUT2D eigenvalue weighted by Crippen LogP contribution is -2.38. The van der Waals surface area contributed by atoms with Crippen molar-refractivity contribution in [3.8, 4) is 0 Å². The van der Waals surface area contributed by atoms with Gasteiger partial charge in [0.15, 0.2) is 0 Å². The quantitative estimate of drug-likeness (QED) is 0.850. The number of halogens is 2. The topological polar surface area (TPSA) is 46.3 Å². The minimum atomic E-state index is -0.284. The maximum Gasteiger partial charge on any atom is 0.231 e. The third kappa shape index (κ3) is 3.60. The fourth-order valence-electron chi connectivity index (χ4n) is 2.96. The van der Waals surface area contributed by atoms with E-state index < -0.39 is 0 Å². The van der Waals surface area contributed by atoms with Crippen LogP contribution in [0.2, 0.25) is 0 Å². The van der Waals surface area contributed by atoms with Crippen molar-refractivity contribution in [3.05, 3.63) is 64.1 Å². The second-order valence-corrected chi connectivity index (χ2v) is 6.65. The van der Waals surface area contributed by atoms with Crippen molar-refractivity contribution in [2.75, 3.05) is 11.4 Å². The van der Waals surface area contributed by atoms with Crippen LogP contribution in [0.5, 0.6) is 0 Å². The van der Waals surface area contributed by atoms with E-state index in [9.17, 15) is 4.79 Å². The third-order valence-corrected chi connectivity index (χ3v) is 4.81. The van der Waals surface area contributed by atoms with Gasteiger partial charge in [-0.25, -0.2) is 0 Å². The molecule has 2 N–H and O–H groups in total. The Kier molecular flexibility index (Phi) is 5.84. The lowest BCUT2D eigenvalue weighted by Gasteiger charge is -2.25. The number of hydrogen-bond donors (Lipinski definition) is 1. The largest absolute Gasteiger partial charge is 0.323 e. The first-order chi connectivity index (χ1) is 10.6. The molecule has 1 heterocycles. The van der Waals surface area contributed by atoms with Crippen LogP contribution in [-0.2, 0) is 11.2 Å². The summed E-state index contributed by atoms with van der Waals surface area (Å²) in [5.74, 6) is -0.158. The van der Waals surface area contributed by atoms with Gasteiger partial charge < -0.3 is 10.6 Å². The predicted molar refractivity (Wildman–Crippen MR) is 100.0 cm³/mol. The smallest absolute Gasteiger partial charge is 0.231 e. The molecule has 0 spiro atoms. The van der Waals surface area contributed by atoms with Crippen LogP contribution >= 0.6 is 28.3 Å². The number of nitrogens with zero attached hydrogens (tertiary/aromatic N) is 1. The summed E-state index contributed by atoms with van der Waals surface area (Å²) in [6.45, 7) is 2.65. The van der Waals surface area contributed by atoms with Gasteiger partial charge in [0.1, 0.15) is 0 Å². The molecule has 0 saturated carbocycles. The first-order valence-corrected chi connectivity index (χ1v) is 8.27. The van der Waals surface area contributed by atoms with Crippen LogP contribution in [0.15, 0.2) is 53.0 Å². The maximum absolute atomic E-state index is 12.8. The average molecular weight is 396 g/mol. The zero-order chi connectivity index (χ0) is 15.7. The third-order valence-electron chi connectivity index (χ3n) is 4.32. The molecule has 0 bridgehead atoms. The molecular formula is C18H20BrClN2O. The molecule has 2 aromatic carbocycles. The molecule has 23 heavy (non-hydrogen) atoms. The van der Waals surface area contributed by atoms with Crippen molar-refractivity contribution in [2.45, 2.75) is 19.4 Å². The molecule has 0 aliphatic carbocycles. The number of amides is 1. The number of hydrogen-bond acceptors (Lipinski definition) is 2. The van der Waals surface area contributed by atoms with Gasteiger partial charge >= 0.3 is 0 Å². The summed E-state index contributed by atoms with van der Waals surface area (Å²) in [4.78, 5) is 14.7. The Balaban J connectivity index is 0.00000192. The number of anilines is 1. The summed E-state index contributed by atoms with van der Waals surface area (Å²) < 4.78 is 1.05. The number of benzene rings is 2. The van der Waals surface area contributed by atoms with Crippen molar-refractivity contribution in [3.63, 3.8) is 0 Å². The number of fused-ring (bicyclic) bond motifs is 1. The van der Waals surface area contributed by atoms with Crippen LogP contribution < -0.4 is 10.6 Å². The molecule has 2 unspecified atom stereocenters. The van der Waals surface area contributed by atoms with Crippen molar-refractivity contribution in [1.29, 1.82) is 0 Å². The Hall–Kier alpha value is -1.36.